The van der Waals surface area contributed by atoms with E-state index in [1.54, 1.807) is 26.4 Å². The number of hydrogen-bond acceptors (Lipinski definition) is 5. The Hall–Kier alpha value is -2.73. The van der Waals surface area contributed by atoms with Crippen molar-refractivity contribution < 1.29 is 19.0 Å². The van der Waals surface area contributed by atoms with E-state index in [1.807, 2.05) is 18.2 Å². The summed E-state index contributed by atoms with van der Waals surface area (Å²) in [7, 11) is 4.63. The van der Waals surface area contributed by atoms with E-state index in [9.17, 15) is 4.79 Å². The van der Waals surface area contributed by atoms with Gasteiger partial charge < -0.3 is 19.5 Å². The first-order valence-electron chi connectivity index (χ1n) is 9.94. The summed E-state index contributed by atoms with van der Waals surface area (Å²) < 4.78 is 16.0. The van der Waals surface area contributed by atoms with E-state index in [0.29, 0.717) is 29.4 Å². The van der Waals surface area contributed by atoms with E-state index in [4.69, 9.17) is 14.2 Å². The molecule has 1 amide bonds. The number of benzene rings is 2. The first-order valence-corrected chi connectivity index (χ1v) is 9.94. The third kappa shape index (κ3) is 5.87. The van der Waals surface area contributed by atoms with E-state index >= 15 is 0 Å². The van der Waals surface area contributed by atoms with Gasteiger partial charge in [-0.25, -0.2) is 0 Å². The van der Waals surface area contributed by atoms with Gasteiger partial charge in [0, 0.05) is 24.7 Å². The lowest BCUT2D eigenvalue weighted by molar-refractivity contribution is 0.0931. The Morgan fingerprint density at radius 3 is 2.07 bits per heavy atom. The Labute approximate surface area is 173 Å². The van der Waals surface area contributed by atoms with Gasteiger partial charge in [0.2, 0.25) is 0 Å². The first-order chi connectivity index (χ1) is 14.1. The van der Waals surface area contributed by atoms with Crippen LogP contribution in [0.15, 0.2) is 42.5 Å². The maximum Gasteiger partial charge on any atom is 0.255 e. The van der Waals surface area contributed by atoms with Crippen LogP contribution in [0.4, 0.5) is 0 Å². The van der Waals surface area contributed by atoms with Crippen molar-refractivity contribution >= 4 is 5.91 Å². The summed E-state index contributed by atoms with van der Waals surface area (Å²) in [4.78, 5) is 15.3. The Bertz CT molecular complexity index is 776. The van der Waals surface area contributed by atoms with Crippen molar-refractivity contribution in [3.05, 3.63) is 53.6 Å². The summed E-state index contributed by atoms with van der Waals surface area (Å²) in [6, 6.07) is 13.9. The second-order valence-corrected chi connectivity index (χ2v) is 6.68. The van der Waals surface area contributed by atoms with Crippen molar-refractivity contribution in [1.29, 1.82) is 0 Å². The van der Waals surface area contributed by atoms with Crippen molar-refractivity contribution in [2.75, 3.05) is 41.0 Å². The summed E-state index contributed by atoms with van der Waals surface area (Å²) >= 11 is 0. The third-order valence-corrected chi connectivity index (χ3v) is 5.09. The highest BCUT2D eigenvalue weighted by atomic mass is 16.5. The molecule has 1 atom stereocenters. The average molecular weight is 401 g/mol. The topological polar surface area (TPSA) is 60.0 Å². The lowest BCUT2D eigenvalue weighted by Crippen LogP contribution is -2.45. The molecule has 0 bridgehead atoms. The molecule has 1 unspecified atom stereocenters. The zero-order valence-electron chi connectivity index (χ0n) is 18.0. The van der Waals surface area contributed by atoms with Gasteiger partial charge >= 0.3 is 0 Å². The van der Waals surface area contributed by atoms with Crippen LogP contribution in [0.25, 0.3) is 0 Å². The number of nitrogens with zero attached hydrogens (tertiary/aromatic N) is 1. The van der Waals surface area contributed by atoms with Gasteiger partial charge in [-0.05, 0) is 25.1 Å². The van der Waals surface area contributed by atoms with E-state index in [1.165, 1.54) is 12.7 Å². The normalized spacial score (nSPS) is 11.8. The summed E-state index contributed by atoms with van der Waals surface area (Å²) in [6.07, 6.45) is 0.867. The number of amides is 1. The maximum absolute atomic E-state index is 12.9. The SMILES string of the molecule is CCN(CC)C(CNC(=O)c1cc(OC)c(OC)cc1OC)Cc1ccccc1. The number of carbonyl (C=O) groups is 1. The number of carbonyl (C=O) groups excluding carboxylic acids is 1. The van der Waals surface area contributed by atoms with Crippen LogP contribution < -0.4 is 19.5 Å². The number of hydrogen-bond donors (Lipinski definition) is 1. The molecule has 0 aliphatic heterocycles. The minimum Gasteiger partial charge on any atom is -0.496 e. The quantitative estimate of drug-likeness (QED) is 0.627. The molecule has 0 saturated heterocycles. The van der Waals surface area contributed by atoms with Gasteiger partial charge in [0.05, 0.1) is 26.9 Å². The molecule has 1 N–H and O–H groups in total. The monoisotopic (exact) mass is 400 g/mol. The largest absolute Gasteiger partial charge is 0.496 e. The zero-order chi connectivity index (χ0) is 21.2. The molecule has 0 spiro atoms. The van der Waals surface area contributed by atoms with Crippen molar-refractivity contribution in [3.63, 3.8) is 0 Å². The lowest BCUT2D eigenvalue weighted by atomic mass is 10.0. The second kappa shape index (κ2) is 11.3. The molecule has 6 nitrogen and oxygen atoms in total. The molecule has 2 rings (SSSR count). The van der Waals surface area contributed by atoms with Gasteiger partial charge in [-0.15, -0.1) is 0 Å². The molecule has 0 saturated carbocycles. The molecule has 6 heteroatoms. The highest BCUT2D eigenvalue weighted by Crippen LogP contribution is 2.34. The predicted molar refractivity (Wildman–Crippen MR) is 115 cm³/mol. The van der Waals surface area contributed by atoms with Crippen LogP contribution in [-0.4, -0.2) is 57.8 Å². The molecule has 0 aromatic heterocycles. The van der Waals surface area contributed by atoms with E-state index in [-0.39, 0.29) is 11.9 Å². The van der Waals surface area contributed by atoms with E-state index in [2.05, 4.69) is 36.2 Å². The van der Waals surface area contributed by atoms with Gasteiger partial charge in [-0.1, -0.05) is 44.2 Å². The van der Waals surface area contributed by atoms with E-state index < -0.39 is 0 Å². The number of nitrogens with one attached hydrogen (secondary N) is 1. The van der Waals surface area contributed by atoms with Gasteiger partial charge in [0.15, 0.2) is 11.5 Å². The molecule has 0 fully saturated rings. The highest BCUT2D eigenvalue weighted by molar-refractivity contribution is 5.97. The van der Waals surface area contributed by atoms with Crippen LogP contribution >= 0.6 is 0 Å². The van der Waals surface area contributed by atoms with Crippen LogP contribution in [0.3, 0.4) is 0 Å². The zero-order valence-corrected chi connectivity index (χ0v) is 18.0. The highest BCUT2D eigenvalue weighted by Gasteiger charge is 2.21. The van der Waals surface area contributed by atoms with Crippen LogP contribution in [-0.2, 0) is 6.42 Å². The van der Waals surface area contributed by atoms with Gasteiger partial charge in [-0.2, -0.15) is 0 Å². The summed E-state index contributed by atoms with van der Waals surface area (Å²) in [5.41, 5.74) is 1.67. The molecular formula is C23H32N2O4. The second-order valence-electron chi connectivity index (χ2n) is 6.68. The molecule has 2 aromatic carbocycles. The van der Waals surface area contributed by atoms with Crippen LogP contribution in [0, 0.1) is 0 Å². The smallest absolute Gasteiger partial charge is 0.255 e. The Balaban J connectivity index is 2.18. The maximum atomic E-state index is 12.9. The van der Waals surface area contributed by atoms with Crippen molar-refractivity contribution in [1.82, 2.24) is 10.2 Å². The Kier molecular flexibility index (Phi) is 8.80. The first kappa shape index (κ1) is 22.6. The molecule has 158 valence electrons. The molecule has 0 radical (unpaired) electrons. The standard InChI is InChI=1S/C23H32N2O4/c1-6-25(7-2)18(13-17-11-9-8-10-12-17)16-24-23(26)19-14-21(28-4)22(29-5)15-20(19)27-3/h8-12,14-15,18H,6-7,13,16H2,1-5H3,(H,24,26). The van der Waals surface area contributed by atoms with Gasteiger partial charge in [-0.3, -0.25) is 9.69 Å². The minimum absolute atomic E-state index is 0.197. The molecule has 29 heavy (non-hydrogen) atoms. The fourth-order valence-electron chi connectivity index (χ4n) is 3.47. The van der Waals surface area contributed by atoms with Crippen molar-refractivity contribution in [3.8, 4) is 17.2 Å². The predicted octanol–water partition coefficient (Wildman–Crippen LogP) is 3.40. The molecule has 0 aliphatic carbocycles. The third-order valence-electron chi connectivity index (χ3n) is 5.09. The van der Waals surface area contributed by atoms with Crippen LogP contribution in [0.2, 0.25) is 0 Å². The Morgan fingerprint density at radius 1 is 0.931 bits per heavy atom. The van der Waals surface area contributed by atoms with Crippen molar-refractivity contribution in [2.45, 2.75) is 26.3 Å². The molecule has 0 aliphatic rings. The molecular weight excluding hydrogens is 368 g/mol. The number of rotatable bonds is 11. The number of methoxy groups -OCH3 is 3. The molecule has 0 heterocycles. The average Bonchev–Trinajstić information content (AvgIpc) is 2.77. The van der Waals surface area contributed by atoms with Crippen LogP contribution in [0.1, 0.15) is 29.8 Å². The van der Waals surface area contributed by atoms with Crippen molar-refractivity contribution in [2.24, 2.45) is 0 Å². The summed E-state index contributed by atoms with van der Waals surface area (Å²) in [5.74, 6) is 1.25. The van der Waals surface area contributed by atoms with Gasteiger partial charge in [0.1, 0.15) is 5.75 Å². The lowest BCUT2D eigenvalue weighted by Gasteiger charge is -2.30. The van der Waals surface area contributed by atoms with Crippen LogP contribution in [0.5, 0.6) is 17.2 Å². The fourth-order valence-corrected chi connectivity index (χ4v) is 3.47. The Morgan fingerprint density at radius 2 is 1.52 bits per heavy atom. The van der Waals surface area contributed by atoms with Gasteiger partial charge in [0.25, 0.3) is 5.91 Å². The number of likely N-dealkylation sites (N-methyl/N-ethyl adjacent to an activating group) is 1. The molecule has 2 aromatic rings. The fraction of sp³-hybridized carbons (Fsp3) is 0.435. The summed E-state index contributed by atoms with van der Waals surface area (Å²) in [5, 5.41) is 3.07. The number of ether oxygens (including phenoxy) is 3. The minimum atomic E-state index is -0.201. The van der Waals surface area contributed by atoms with E-state index in [0.717, 1.165) is 19.5 Å². The summed E-state index contributed by atoms with van der Waals surface area (Å²) in [6.45, 7) is 6.65.